The van der Waals surface area contributed by atoms with Crippen LogP contribution in [-0.4, -0.2) is 24.4 Å². The Balaban J connectivity index is 1.83. The van der Waals surface area contributed by atoms with E-state index in [1.165, 1.54) is 25.7 Å². The molecule has 2 nitrogen and oxygen atoms in total. The molecule has 4 aliphatic heterocycles. The van der Waals surface area contributed by atoms with Crippen LogP contribution in [-0.2, 0) is 9.47 Å². The van der Waals surface area contributed by atoms with Gasteiger partial charge in [0.05, 0.1) is 24.4 Å². The SMILES string of the molecule is C1CC2C3CC4OC2C(C1)C4O3. The second-order valence-electron chi connectivity index (χ2n) is 4.77. The van der Waals surface area contributed by atoms with Gasteiger partial charge in [-0.05, 0) is 12.8 Å². The first-order valence-corrected chi connectivity index (χ1v) is 5.24. The molecule has 6 unspecified atom stereocenters. The molecule has 1 saturated carbocycles. The molecule has 0 aromatic heterocycles. The Morgan fingerprint density at radius 2 is 1.67 bits per heavy atom. The highest BCUT2D eigenvalue weighted by Crippen LogP contribution is 2.55. The third-order valence-electron chi connectivity index (χ3n) is 4.31. The fraction of sp³-hybridized carbons (Fsp3) is 1.00. The molecule has 4 heterocycles. The zero-order valence-electron chi connectivity index (χ0n) is 7.11. The van der Waals surface area contributed by atoms with E-state index in [0.717, 1.165) is 11.8 Å². The fourth-order valence-corrected chi connectivity index (χ4v) is 3.88. The number of hydrogen-bond donors (Lipinski definition) is 0. The molecule has 0 N–H and O–H groups in total. The second kappa shape index (κ2) is 1.88. The van der Waals surface area contributed by atoms with Gasteiger partial charge in [0.1, 0.15) is 0 Å². The van der Waals surface area contributed by atoms with Gasteiger partial charge in [0.25, 0.3) is 0 Å². The second-order valence-corrected chi connectivity index (χ2v) is 4.77. The Kier molecular flexibility index (Phi) is 0.999. The Labute approximate surface area is 72.2 Å². The third kappa shape index (κ3) is 0.549. The average Bonchev–Trinajstić information content (AvgIpc) is 2.54. The Hall–Kier alpha value is -0.0800. The topological polar surface area (TPSA) is 18.5 Å². The maximum absolute atomic E-state index is 5.99. The van der Waals surface area contributed by atoms with E-state index in [1.807, 2.05) is 0 Å². The maximum Gasteiger partial charge on any atom is 0.0894 e. The highest BCUT2D eigenvalue weighted by Gasteiger charge is 2.61. The molecule has 1 aliphatic carbocycles. The number of ether oxygens (including phenoxy) is 2. The zero-order chi connectivity index (χ0) is 7.71. The molecule has 0 amide bonds. The largest absolute Gasteiger partial charge is 0.371 e. The van der Waals surface area contributed by atoms with Crippen molar-refractivity contribution in [2.24, 2.45) is 11.8 Å². The van der Waals surface area contributed by atoms with Crippen LogP contribution < -0.4 is 0 Å². The summed E-state index contributed by atoms with van der Waals surface area (Å²) in [5.74, 6) is 1.53. The lowest BCUT2D eigenvalue weighted by Crippen LogP contribution is -2.46. The predicted octanol–water partition coefficient (Wildman–Crippen LogP) is 1.34. The first-order valence-electron chi connectivity index (χ1n) is 5.24. The first-order chi connectivity index (χ1) is 5.93. The first kappa shape index (κ1) is 6.39. The monoisotopic (exact) mass is 166 g/mol. The van der Waals surface area contributed by atoms with Gasteiger partial charge in [-0.1, -0.05) is 6.42 Å². The van der Waals surface area contributed by atoms with E-state index in [4.69, 9.17) is 9.47 Å². The summed E-state index contributed by atoms with van der Waals surface area (Å²) in [7, 11) is 0. The average molecular weight is 166 g/mol. The molecule has 6 atom stereocenters. The van der Waals surface area contributed by atoms with Crippen molar-refractivity contribution in [2.45, 2.75) is 50.1 Å². The van der Waals surface area contributed by atoms with Gasteiger partial charge in [-0.2, -0.15) is 0 Å². The molecule has 4 saturated heterocycles. The third-order valence-corrected chi connectivity index (χ3v) is 4.31. The minimum absolute atomic E-state index is 0.486. The van der Waals surface area contributed by atoms with Gasteiger partial charge in [-0.3, -0.25) is 0 Å². The van der Waals surface area contributed by atoms with Gasteiger partial charge in [-0.25, -0.2) is 0 Å². The summed E-state index contributed by atoms with van der Waals surface area (Å²) < 4.78 is 12.0. The normalized spacial score (nSPS) is 66.0. The molecular formula is C10H14O2. The van der Waals surface area contributed by atoms with Crippen molar-refractivity contribution in [3.05, 3.63) is 0 Å². The van der Waals surface area contributed by atoms with E-state index in [2.05, 4.69) is 0 Å². The van der Waals surface area contributed by atoms with Gasteiger partial charge in [0.15, 0.2) is 0 Å². The molecule has 0 radical (unpaired) electrons. The molecule has 5 aliphatic rings. The van der Waals surface area contributed by atoms with Crippen LogP contribution in [0.3, 0.4) is 0 Å². The van der Waals surface area contributed by atoms with Crippen LogP contribution >= 0.6 is 0 Å². The van der Waals surface area contributed by atoms with Crippen LogP contribution in [0.1, 0.15) is 25.7 Å². The molecule has 2 heteroatoms. The number of rotatable bonds is 0. The summed E-state index contributed by atoms with van der Waals surface area (Å²) >= 11 is 0. The summed E-state index contributed by atoms with van der Waals surface area (Å²) in [6.45, 7) is 0. The van der Waals surface area contributed by atoms with Crippen LogP contribution in [0.2, 0.25) is 0 Å². The fourth-order valence-electron chi connectivity index (χ4n) is 3.88. The Morgan fingerprint density at radius 3 is 2.67 bits per heavy atom. The zero-order valence-corrected chi connectivity index (χ0v) is 7.11. The van der Waals surface area contributed by atoms with Gasteiger partial charge in [0, 0.05) is 18.3 Å². The van der Waals surface area contributed by atoms with Crippen molar-refractivity contribution in [1.29, 1.82) is 0 Å². The summed E-state index contributed by atoms with van der Waals surface area (Å²) in [6, 6.07) is 0. The minimum atomic E-state index is 0.486. The van der Waals surface area contributed by atoms with Gasteiger partial charge in [-0.15, -0.1) is 0 Å². The molecule has 0 aromatic carbocycles. The Morgan fingerprint density at radius 1 is 0.833 bits per heavy atom. The van der Waals surface area contributed by atoms with Gasteiger partial charge < -0.3 is 9.47 Å². The lowest BCUT2D eigenvalue weighted by Gasteiger charge is -2.42. The highest BCUT2D eigenvalue weighted by atomic mass is 16.6. The predicted molar refractivity (Wildman–Crippen MR) is 42.8 cm³/mol. The summed E-state index contributed by atoms with van der Waals surface area (Å²) in [4.78, 5) is 0. The van der Waals surface area contributed by atoms with Crippen LogP contribution in [0.15, 0.2) is 0 Å². The van der Waals surface area contributed by atoms with Crippen LogP contribution in [0.4, 0.5) is 0 Å². The summed E-state index contributed by atoms with van der Waals surface area (Å²) in [5.41, 5.74) is 0. The van der Waals surface area contributed by atoms with E-state index < -0.39 is 0 Å². The van der Waals surface area contributed by atoms with Crippen molar-refractivity contribution in [2.75, 3.05) is 0 Å². The summed E-state index contributed by atoms with van der Waals surface area (Å²) in [5, 5.41) is 0. The van der Waals surface area contributed by atoms with E-state index in [9.17, 15) is 0 Å². The van der Waals surface area contributed by atoms with Crippen molar-refractivity contribution < 1.29 is 9.47 Å². The van der Waals surface area contributed by atoms with E-state index in [-0.39, 0.29) is 0 Å². The minimum Gasteiger partial charge on any atom is -0.371 e. The standard InChI is InChI=1S/C10H14O2/c1-2-5-7-4-8-10(11-7)6(3-1)9(5)12-8/h5-10H,1-4H2. The molecule has 66 valence electrons. The quantitative estimate of drug-likeness (QED) is 0.540. The molecule has 5 fully saturated rings. The van der Waals surface area contributed by atoms with Crippen molar-refractivity contribution >= 4 is 0 Å². The Bertz CT molecular complexity index is 222. The summed E-state index contributed by atoms with van der Waals surface area (Å²) in [6.07, 6.45) is 7.48. The lowest BCUT2D eigenvalue weighted by atomic mass is 9.75. The van der Waals surface area contributed by atoms with E-state index >= 15 is 0 Å². The molecule has 0 aromatic rings. The molecule has 5 rings (SSSR count). The maximum atomic E-state index is 5.99. The van der Waals surface area contributed by atoms with Crippen LogP contribution in [0.5, 0.6) is 0 Å². The lowest BCUT2D eigenvalue weighted by molar-refractivity contribution is -0.130. The highest BCUT2D eigenvalue weighted by molar-refractivity contribution is 5.09. The van der Waals surface area contributed by atoms with Crippen LogP contribution in [0, 0.1) is 11.8 Å². The molecule has 0 spiro atoms. The van der Waals surface area contributed by atoms with Crippen molar-refractivity contribution in [1.82, 2.24) is 0 Å². The molecule has 12 heavy (non-hydrogen) atoms. The van der Waals surface area contributed by atoms with Crippen molar-refractivity contribution in [3.8, 4) is 0 Å². The number of hydrogen-bond acceptors (Lipinski definition) is 2. The molecule has 6 bridgehead atoms. The van der Waals surface area contributed by atoms with Gasteiger partial charge in [0.2, 0.25) is 0 Å². The van der Waals surface area contributed by atoms with E-state index in [0.29, 0.717) is 24.4 Å². The van der Waals surface area contributed by atoms with Gasteiger partial charge >= 0.3 is 0 Å². The van der Waals surface area contributed by atoms with Crippen molar-refractivity contribution in [3.63, 3.8) is 0 Å². The molecular weight excluding hydrogens is 152 g/mol. The smallest absolute Gasteiger partial charge is 0.0894 e. The van der Waals surface area contributed by atoms with E-state index in [1.54, 1.807) is 0 Å². The van der Waals surface area contributed by atoms with Crippen LogP contribution in [0.25, 0.3) is 0 Å².